The van der Waals surface area contributed by atoms with Crippen LogP contribution in [0.4, 0.5) is 0 Å². The molecule has 1 nitrogen and oxygen atoms in total. The Balaban J connectivity index is 2.02. The van der Waals surface area contributed by atoms with Gasteiger partial charge in [-0.2, -0.15) is 0 Å². The number of rotatable bonds is 0. The van der Waals surface area contributed by atoms with Crippen LogP contribution in [0, 0.1) is 11.8 Å². The standard InChI is InChI=1S/C5H8IN/c6-7-2-4-1-5(4)3-7/h4-5H,1-3H2/t4-,5?/m0/s1. The van der Waals surface area contributed by atoms with Crippen LogP contribution in [0.5, 0.6) is 0 Å². The molecular weight excluding hydrogens is 201 g/mol. The summed E-state index contributed by atoms with van der Waals surface area (Å²) >= 11 is 2.41. The minimum atomic E-state index is 1.11. The summed E-state index contributed by atoms with van der Waals surface area (Å²) in [6.07, 6.45) is 1.53. The van der Waals surface area contributed by atoms with Crippen molar-refractivity contribution in [3.63, 3.8) is 0 Å². The van der Waals surface area contributed by atoms with Crippen LogP contribution >= 0.6 is 22.9 Å². The molecule has 1 aliphatic heterocycles. The molecule has 0 aromatic rings. The van der Waals surface area contributed by atoms with Crippen molar-refractivity contribution in [1.82, 2.24) is 3.11 Å². The van der Waals surface area contributed by atoms with Crippen molar-refractivity contribution in [3.8, 4) is 0 Å². The zero-order chi connectivity index (χ0) is 4.85. The predicted molar refractivity (Wildman–Crippen MR) is 37.2 cm³/mol. The SMILES string of the molecule is IN1CC2C[C@H]2C1. The largest absolute Gasteiger partial charge is 0.247 e. The maximum absolute atomic E-state index is 2.41. The first-order valence-corrected chi connectivity index (χ1v) is 3.73. The smallest absolute Gasteiger partial charge is 0.0201 e. The molecule has 1 saturated carbocycles. The summed E-state index contributed by atoms with van der Waals surface area (Å²) in [5.41, 5.74) is 0. The third-order valence-corrected chi connectivity index (χ3v) is 2.72. The van der Waals surface area contributed by atoms with E-state index in [9.17, 15) is 0 Å². The van der Waals surface area contributed by atoms with E-state index < -0.39 is 0 Å². The number of piperidine rings is 1. The van der Waals surface area contributed by atoms with E-state index in [1.165, 1.54) is 19.5 Å². The van der Waals surface area contributed by atoms with E-state index in [-0.39, 0.29) is 0 Å². The van der Waals surface area contributed by atoms with E-state index in [0.29, 0.717) is 0 Å². The van der Waals surface area contributed by atoms with Gasteiger partial charge in [0.2, 0.25) is 0 Å². The van der Waals surface area contributed by atoms with Crippen molar-refractivity contribution < 1.29 is 0 Å². The first-order chi connectivity index (χ1) is 3.36. The van der Waals surface area contributed by atoms with Gasteiger partial charge in [-0.15, -0.1) is 0 Å². The van der Waals surface area contributed by atoms with Crippen LogP contribution in [0.1, 0.15) is 6.42 Å². The fraction of sp³-hybridized carbons (Fsp3) is 1.00. The Morgan fingerprint density at radius 3 is 2.14 bits per heavy atom. The van der Waals surface area contributed by atoms with Gasteiger partial charge in [-0.3, -0.25) is 0 Å². The third-order valence-electron chi connectivity index (χ3n) is 1.93. The molecule has 0 aromatic carbocycles. The Hall–Kier alpha value is 0.690. The zero-order valence-corrected chi connectivity index (χ0v) is 6.26. The summed E-state index contributed by atoms with van der Waals surface area (Å²) in [6.45, 7) is 2.73. The van der Waals surface area contributed by atoms with Gasteiger partial charge in [0, 0.05) is 36.0 Å². The van der Waals surface area contributed by atoms with Crippen molar-refractivity contribution >= 4 is 22.9 Å². The molecule has 1 unspecified atom stereocenters. The van der Waals surface area contributed by atoms with Crippen LogP contribution in [0.15, 0.2) is 0 Å². The Morgan fingerprint density at radius 2 is 1.86 bits per heavy atom. The maximum atomic E-state index is 2.41. The minimum absolute atomic E-state index is 1.11. The molecule has 0 spiro atoms. The molecule has 2 rings (SSSR count). The molecule has 0 bridgehead atoms. The van der Waals surface area contributed by atoms with Crippen molar-refractivity contribution in [2.75, 3.05) is 13.1 Å². The fourth-order valence-electron chi connectivity index (χ4n) is 1.34. The minimum Gasteiger partial charge on any atom is -0.247 e. The van der Waals surface area contributed by atoms with Crippen LogP contribution in [0.2, 0.25) is 0 Å². The Bertz CT molecular complexity index is 84.1. The van der Waals surface area contributed by atoms with Gasteiger partial charge < -0.3 is 0 Å². The lowest BCUT2D eigenvalue weighted by Crippen LogP contribution is -2.07. The molecule has 2 fully saturated rings. The molecular formula is C5H8IN. The highest BCUT2D eigenvalue weighted by atomic mass is 127. The summed E-state index contributed by atoms with van der Waals surface area (Å²) in [5, 5.41) is 0. The molecule has 2 aliphatic rings. The third kappa shape index (κ3) is 0.682. The van der Waals surface area contributed by atoms with Crippen LogP contribution in [0.25, 0.3) is 0 Å². The average Bonchev–Trinajstić information content (AvgIpc) is 2.15. The Kier molecular flexibility index (Phi) is 0.876. The summed E-state index contributed by atoms with van der Waals surface area (Å²) < 4.78 is 2.40. The summed E-state index contributed by atoms with van der Waals surface area (Å²) in [6, 6.07) is 0. The van der Waals surface area contributed by atoms with E-state index in [4.69, 9.17) is 0 Å². The number of hydrogen-bond acceptors (Lipinski definition) is 1. The molecule has 0 aromatic heterocycles. The van der Waals surface area contributed by atoms with Gasteiger partial charge in [-0.05, 0) is 18.3 Å². The predicted octanol–water partition coefficient (Wildman–Crippen LogP) is 1.29. The average molecular weight is 209 g/mol. The second-order valence-electron chi connectivity index (χ2n) is 2.58. The van der Waals surface area contributed by atoms with Crippen molar-refractivity contribution in [2.45, 2.75) is 6.42 Å². The van der Waals surface area contributed by atoms with Gasteiger partial charge in [0.15, 0.2) is 0 Å². The van der Waals surface area contributed by atoms with E-state index >= 15 is 0 Å². The van der Waals surface area contributed by atoms with Crippen LogP contribution < -0.4 is 0 Å². The van der Waals surface area contributed by atoms with Crippen molar-refractivity contribution in [1.29, 1.82) is 0 Å². The maximum Gasteiger partial charge on any atom is 0.0201 e. The second-order valence-corrected chi connectivity index (χ2v) is 3.95. The van der Waals surface area contributed by atoms with E-state index in [1.807, 2.05) is 0 Å². The summed E-state index contributed by atoms with van der Waals surface area (Å²) in [5.74, 6) is 2.22. The molecule has 40 valence electrons. The number of nitrogens with zero attached hydrogens (tertiary/aromatic N) is 1. The molecule has 2 heteroatoms. The van der Waals surface area contributed by atoms with Gasteiger partial charge in [0.1, 0.15) is 0 Å². The summed E-state index contributed by atoms with van der Waals surface area (Å²) in [4.78, 5) is 0. The highest BCUT2D eigenvalue weighted by molar-refractivity contribution is 14.1. The first kappa shape index (κ1) is 4.56. The van der Waals surface area contributed by atoms with Gasteiger partial charge >= 0.3 is 0 Å². The molecule has 1 saturated heterocycles. The molecule has 2 atom stereocenters. The topological polar surface area (TPSA) is 3.24 Å². The van der Waals surface area contributed by atoms with Gasteiger partial charge in [0.25, 0.3) is 0 Å². The number of fused-ring (bicyclic) bond motifs is 1. The first-order valence-electron chi connectivity index (χ1n) is 2.77. The van der Waals surface area contributed by atoms with E-state index in [0.717, 1.165) is 11.8 Å². The molecule has 0 radical (unpaired) electrons. The molecule has 0 amide bonds. The Labute approximate surface area is 57.6 Å². The van der Waals surface area contributed by atoms with Crippen LogP contribution in [-0.2, 0) is 0 Å². The van der Waals surface area contributed by atoms with Gasteiger partial charge in [-0.25, -0.2) is 3.11 Å². The van der Waals surface area contributed by atoms with Crippen molar-refractivity contribution in [3.05, 3.63) is 0 Å². The molecule has 7 heavy (non-hydrogen) atoms. The van der Waals surface area contributed by atoms with Gasteiger partial charge in [0.05, 0.1) is 0 Å². The molecule has 0 N–H and O–H groups in total. The fourth-order valence-corrected chi connectivity index (χ4v) is 2.35. The highest BCUT2D eigenvalue weighted by Crippen LogP contribution is 2.45. The van der Waals surface area contributed by atoms with Crippen LogP contribution in [0.3, 0.4) is 0 Å². The van der Waals surface area contributed by atoms with Crippen molar-refractivity contribution in [2.24, 2.45) is 11.8 Å². The second kappa shape index (κ2) is 1.35. The quantitative estimate of drug-likeness (QED) is 0.429. The summed E-state index contributed by atoms with van der Waals surface area (Å²) in [7, 11) is 0. The zero-order valence-electron chi connectivity index (χ0n) is 4.10. The highest BCUT2D eigenvalue weighted by Gasteiger charge is 2.44. The lowest BCUT2D eigenvalue weighted by atomic mass is 10.4. The molecule has 1 aliphatic carbocycles. The monoisotopic (exact) mass is 209 g/mol. The van der Waals surface area contributed by atoms with Crippen LogP contribution in [-0.4, -0.2) is 16.2 Å². The van der Waals surface area contributed by atoms with E-state index in [1.54, 1.807) is 0 Å². The number of halogens is 1. The normalized spacial score (nSPS) is 49.3. The van der Waals surface area contributed by atoms with Gasteiger partial charge in [-0.1, -0.05) is 0 Å². The number of hydrogen-bond donors (Lipinski definition) is 0. The Morgan fingerprint density at radius 1 is 1.29 bits per heavy atom. The molecule has 1 heterocycles. The lowest BCUT2D eigenvalue weighted by Gasteiger charge is -2.03. The lowest BCUT2D eigenvalue weighted by molar-refractivity contribution is 0.557. The van der Waals surface area contributed by atoms with E-state index in [2.05, 4.69) is 26.0 Å².